The van der Waals surface area contributed by atoms with Crippen molar-refractivity contribution in [3.8, 4) is 0 Å². The molecular formula is C10H20N2O2. The number of rotatable bonds is 5. The second-order valence-electron chi connectivity index (χ2n) is 4.02. The minimum absolute atomic E-state index is 0.120. The van der Waals surface area contributed by atoms with Crippen LogP contribution in [0.3, 0.4) is 0 Å². The van der Waals surface area contributed by atoms with Crippen molar-refractivity contribution < 1.29 is 9.53 Å². The Morgan fingerprint density at radius 3 is 2.86 bits per heavy atom. The van der Waals surface area contributed by atoms with Crippen molar-refractivity contribution >= 4 is 5.91 Å². The Bertz CT molecular complexity index is 195. The van der Waals surface area contributed by atoms with Crippen LogP contribution in [0.1, 0.15) is 20.3 Å². The minimum atomic E-state index is -0.200. The van der Waals surface area contributed by atoms with Crippen molar-refractivity contribution in [2.75, 3.05) is 26.7 Å². The third-order valence-electron chi connectivity index (χ3n) is 2.35. The molecule has 1 aliphatic rings. The standard InChI is InChI=1S/C10H20N2O2/c1-8(2)11-5-7-14-9-4-6-12(3)10(9)13/h8-9,11H,4-7H2,1-3H3. The summed E-state index contributed by atoms with van der Waals surface area (Å²) < 4.78 is 5.48. The van der Waals surface area contributed by atoms with E-state index in [0.29, 0.717) is 12.6 Å². The lowest BCUT2D eigenvalue weighted by molar-refractivity contribution is -0.136. The van der Waals surface area contributed by atoms with Gasteiger partial charge in [-0.05, 0) is 0 Å². The summed E-state index contributed by atoms with van der Waals surface area (Å²) in [7, 11) is 1.82. The summed E-state index contributed by atoms with van der Waals surface area (Å²) in [5, 5.41) is 3.25. The molecular weight excluding hydrogens is 180 g/mol. The molecule has 14 heavy (non-hydrogen) atoms. The molecule has 4 heteroatoms. The third kappa shape index (κ3) is 3.27. The fourth-order valence-corrected chi connectivity index (χ4v) is 1.49. The fourth-order valence-electron chi connectivity index (χ4n) is 1.49. The highest BCUT2D eigenvalue weighted by Crippen LogP contribution is 2.11. The van der Waals surface area contributed by atoms with Gasteiger partial charge in [-0.3, -0.25) is 4.79 Å². The molecule has 82 valence electrons. The van der Waals surface area contributed by atoms with Crippen LogP contribution in [0.15, 0.2) is 0 Å². The predicted molar refractivity (Wildman–Crippen MR) is 55.1 cm³/mol. The summed E-state index contributed by atoms with van der Waals surface area (Å²) in [4.78, 5) is 13.1. The lowest BCUT2D eigenvalue weighted by Gasteiger charge is -2.12. The van der Waals surface area contributed by atoms with Crippen molar-refractivity contribution in [3.05, 3.63) is 0 Å². The number of carbonyl (C=O) groups excluding carboxylic acids is 1. The van der Waals surface area contributed by atoms with Crippen molar-refractivity contribution in [1.82, 2.24) is 10.2 Å². The molecule has 0 aromatic heterocycles. The molecule has 0 aromatic carbocycles. The van der Waals surface area contributed by atoms with E-state index in [1.165, 1.54) is 0 Å². The molecule has 0 bridgehead atoms. The molecule has 1 heterocycles. The van der Waals surface area contributed by atoms with E-state index >= 15 is 0 Å². The number of amides is 1. The van der Waals surface area contributed by atoms with E-state index in [1.807, 2.05) is 7.05 Å². The van der Waals surface area contributed by atoms with Crippen molar-refractivity contribution in [2.24, 2.45) is 0 Å². The molecule has 1 amide bonds. The SMILES string of the molecule is CC(C)NCCOC1CCN(C)C1=O. The van der Waals surface area contributed by atoms with E-state index in [4.69, 9.17) is 4.74 Å². The number of ether oxygens (including phenoxy) is 1. The van der Waals surface area contributed by atoms with Crippen LogP contribution in [0.25, 0.3) is 0 Å². The molecule has 1 unspecified atom stereocenters. The maximum absolute atomic E-state index is 11.4. The first-order chi connectivity index (χ1) is 6.61. The van der Waals surface area contributed by atoms with Gasteiger partial charge in [0.15, 0.2) is 0 Å². The summed E-state index contributed by atoms with van der Waals surface area (Å²) in [6.07, 6.45) is 0.630. The van der Waals surface area contributed by atoms with Gasteiger partial charge in [-0.25, -0.2) is 0 Å². The molecule has 0 aromatic rings. The summed E-state index contributed by atoms with van der Waals surface area (Å²) in [6.45, 7) is 6.43. The summed E-state index contributed by atoms with van der Waals surface area (Å²) in [6, 6.07) is 0.473. The molecule has 1 fully saturated rings. The van der Waals surface area contributed by atoms with Crippen LogP contribution in [0.5, 0.6) is 0 Å². The number of hydrogen-bond donors (Lipinski definition) is 1. The molecule has 0 radical (unpaired) electrons. The minimum Gasteiger partial charge on any atom is -0.367 e. The number of likely N-dealkylation sites (N-methyl/N-ethyl adjacent to an activating group) is 1. The molecule has 1 rings (SSSR count). The van der Waals surface area contributed by atoms with E-state index in [2.05, 4.69) is 19.2 Å². The summed E-state index contributed by atoms with van der Waals surface area (Å²) in [5.41, 5.74) is 0. The zero-order valence-electron chi connectivity index (χ0n) is 9.25. The fraction of sp³-hybridized carbons (Fsp3) is 0.900. The highest BCUT2D eigenvalue weighted by atomic mass is 16.5. The number of hydrogen-bond acceptors (Lipinski definition) is 3. The van der Waals surface area contributed by atoms with Gasteiger partial charge in [0.1, 0.15) is 6.10 Å². The largest absolute Gasteiger partial charge is 0.367 e. The first-order valence-electron chi connectivity index (χ1n) is 5.21. The molecule has 1 N–H and O–H groups in total. The van der Waals surface area contributed by atoms with Crippen molar-refractivity contribution in [3.63, 3.8) is 0 Å². The number of carbonyl (C=O) groups is 1. The Kier molecular flexibility index (Phi) is 4.35. The van der Waals surface area contributed by atoms with Crippen LogP contribution in [-0.4, -0.2) is 49.7 Å². The number of nitrogens with one attached hydrogen (secondary N) is 1. The van der Waals surface area contributed by atoms with Crippen LogP contribution in [0.2, 0.25) is 0 Å². The lowest BCUT2D eigenvalue weighted by atomic mass is 10.3. The van der Waals surface area contributed by atoms with Crippen LogP contribution in [0, 0.1) is 0 Å². The second-order valence-corrected chi connectivity index (χ2v) is 4.02. The quantitative estimate of drug-likeness (QED) is 0.646. The van der Waals surface area contributed by atoms with Crippen LogP contribution in [-0.2, 0) is 9.53 Å². The maximum Gasteiger partial charge on any atom is 0.251 e. The normalized spacial score (nSPS) is 22.4. The zero-order valence-corrected chi connectivity index (χ0v) is 9.25. The third-order valence-corrected chi connectivity index (χ3v) is 2.35. The van der Waals surface area contributed by atoms with E-state index in [1.54, 1.807) is 4.90 Å². The van der Waals surface area contributed by atoms with Gasteiger partial charge < -0.3 is 15.0 Å². The Morgan fingerprint density at radius 2 is 2.36 bits per heavy atom. The van der Waals surface area contributed by atoms with Gasteiger partial charge in [-0.2, -0.15) is 0 Å². The van der Waals surface area contributed by atoms with Crippen LogP contribution >= 0.6 is 0 Å². The smallest absolute Gasteiger partial charge is 0.251 e. The summed E-state index contributed by atoms with van der Waals surface area (Å²) >= 11 is 0. The topological polar surface area (TPSA) is 41.6 Å². The molecule has 0 spiro atoms. The van der Waals surface area contributed by atoms with Crippen LogP contribution < -0.4 is 5.32 Å². The monoisotopic (exact) mass is 200 g/mol. The Morgan fingerprint density at radius 1 is 1.64 bits per heavy atom. The maximum atomic E-state index is 11.4. The van der Waals surface area contributed by atoms with Crippen molar-refractivity contribution in [2.45, 2.75) is 32.4 Å². The zero-order chi connectivity index (χ0) is 10.6. The average Bonchev–Trinajstić information content (AvgIpc) is 2.43. The van der Waals surface area contributed by atoms with E-state index in [-0.39, 0.29) is 12.0 Å². The molecule has 4 nitrogen and oxygen atoms in total. The Labute approximate surface area is 85.6 Å². The number of nitrogens with zero attached hydrogens (tertiary/aromatic N) is 1. The van der Waals surface area contributed by atoms with E-state index < -0.39 is 0 Å². The van der Waals surface area contributed by atoms with E-state index in [9.17, 15) is 4.79 Å². The molecule has 0 aliphatic carbocycles. The van der Waals surface area contributed by atoms with Gasteiger partial charge in [0.05, 0.1) is 6.61 Å². The molecule has 1 aliphatic heterocycles. The molecule has 1 saturated heterocycles. The average molecular weight is 200 g/mol. The highest BCUT2D eigenvalue weighted by molar-refractivity contribution is 5.82. The highest BCUT2D eigenvalue weighted by Gasteiger charge is 2.29. The van der Waals surface area contributed by atoms with Gasteiger partial charge in [0.2, 0.25) is 0 Å². The number of likely N-dealkylation sites (tertiary alicyclic amines) is 1. The van der Waals surface area contributed by atoms with Crippen LogP contribution in [0.4, 0.5) is 0 Å². The lowest BCUT2D eigenvalue weighted by Crippen LogP contribution is -2.31. The summed E-state index contributed by atoms with van der Waals surface area (Å²) in [5.74, 6) is 0.120. The van der Waals surface area contributed by atoms with Gasteiger partial charge in [-0.1, -0.05) is 13.8 Å². The molecule has 0 saturated carbocycles. The van der Waals surface area contributed by atoms with Gasteiger partial charge in [-0.15, -0.1) is 0 Å². The van der Waals surface area contributed by atoms with E-state index in [0.717, 1.165) is 19.5 Å². The second kappa shape index (κ2) is 5.32. The first-order valence-corrected chi connectivity index (χ1v) is 5.21. The first kappa shape index (κ1) is 11.5. The van der Waals surface area contributed by atoms with Gasteiger partial charge in [0.25, 0.3) is 5.91 Å². The Balaban J connectivity index is 2.10. The van der Waals surface area contributed by atoms with Gasteiger partial charge in [0, 0.05) is 32.6 Å². The van der Waals surface area contributed by atoms with Gasteiger partial charge >= 0.3 is 0 Å². The predicted octanol–water partition coefficient (Wildman–Crippen LogP) is 0.232. The van der Waals surface area contributed by atoms with Crippen molar-refractivity contribution in [1.29, 1.82) is 0 Å². The Hall–Kier alpha value is -0.610. The molecule has 1 atom stereocenters.